The van der Waals surface area contributed by atoms with Crippen LogP contribution in [0.2, 0.25) is 0 Å². The lowest BCUT2D eigenvalue weighted by Gasteiger charge is -2.23. The van der Waals surface area contributed by atoms with E-state index in [0.717, 1.165) is 5.56 Å². The number of ketones is 1. The smallest absolute Gasteiger partial charge is 0.312 e. The van der Waals surface area contributed by atoms with E-state index in [2.05, 4.69) is 4.72 Å². The van der Waals surface area contributed by atoms with E-state index in [1.165, 1.54) is 26.4 Å². The molecule has 7 nitrogen and oxygen atoms in total. The van der Waals surface area contributed by atoms with Gasteiger partial charge in [0.2, 0.25) is 10.0 Å². The number of aryl methyl sites for hydroxylation is 1. The second kappa shape index (κ2) is 8.36. The van der Waals surface area contributed by atoms with Crippen LogP contribution in [0.3, 0.4) is 0 Å². The third-order valence-electron chi connectivity index (χ3n) is 3.53. The molecule has 0 bridgehead atoms. The maximum Gasteiger partial charge on any atom is 0.337 e. The van der Waals surface area contributed by atoms with E-state index in [9.17, 15) is 17.8 Å². The zero-order valence-corrected chi connectivity index (χ0v) is 16.2. The van der Waals surface area contributed by atoms with Crippen LogP contribution in [-0.2, 0) is 28.4 Å². The van der Waals surface area contributed by atoms with Gasteiger partial charge in [-0.25, -0.2) is 13.1 Å². The SMILES string of the molecule is COP(=O)(CC(=O)C(NS(=O)(=O)c1ccc(C)cc1)C(C)C)OC. The number of hydrogen-bond acceptors (Lipinski definition) is 6. The van der Waals surface area contributed by atoms with Gasteiger partial charge in [-0.2, -0.15) is 0 Å². The third-order valence-corrected chi connectivity index (χ3v) is 6.80. The minimum atomic E-state index is -3.88. The molecule has 24 heavy (non-hydrogen) atoms. The third kappa shape index (κ3) is 5.50. The van der Waals surface area contributed by atoms with E-state index in [4.69, 9.17) is 9.05 Å². The summed E-state index contributed by atoms with van der Waals surface area (Å²) in [4.78, 5) is 12.5. The van der Waals surface area contributed by atoms with E-state index in [-0.39, 0.29) is 10.8 Å². The number of nitrogens with one attached hydrogen (secondary N) is 1. The molecule has 0 heterocycles. The lowest BCUT2D eigenvalue weighted by atomic mass is 10.0. The average molecular weight is 377 g/mol. The number of sulfonamides is 1. The molecule has 1 rings (SSSR count). The molecule has 0 amide bonds. The summed E-state index contributed by atoms with van der Waals surface area (Å²) >= 11 is 0. The fraction of sp³-hybridized carbons (Fsp3) is 0.533. The Hall–Kier alpha value is -1.05. The topological polar surface area (TPSA) is 98.8 Å². The van der Waals surface area contributed by atoms with Crippen LogP contribution < -0.4 is 4.72 Å². The fourth-order valence-corrected chi connectivity index (χ4v) is 4.37. The highest BCUT2D eigenvalue weighted by atomic mass is 32.2. The van der Waals surface area contributed by atoms with Crippen molar-refractivity contribution < 1.29 is 26.8 Å². The lowest BCUT2D eigenvalue weighted by molar-refractivity contribution is -0.119. The Morgan fingerprint density at radius 3 is 2.08 bits per heavy atom. The minimum Gasteiger partial charge on any atom is -0.312 e. The lowest BCUT2D eigenvalue weighted by Crippen LogP contribution is -2.45. The second-order valence-corrected chi connectivity index (χ2v) is 9.74. The quantitative estimate of drug-likeness (QED) is 0.663. The second-order valence-electron chi connectivity index (χ2n) is 5.76. The van der Waals surface area contributed by atoms with E-state index < -0.39 is 35.6 Å². The van der Waals surface area contributed by atoms with E-state index >= 15 is 0 Å². The fourth-order valence-electron chi connectivity index (χ4n) is 2.02. The van der Waals surface area contributed by atoms with Gasteiger partial charge in [0, 0.05) is 14.2 Å². The maximum atomic E-state index is 12.5. The first kappa shape index (κ1) is 21.0. The molecule has 0 radical (unpaired) electrons. The van der Waals surface area contributed by atoms with E-state index in [1.807, 2.05) is 6.92 Å². The van der Waals surface area contributed by atoms with Gasteiger partial charge in [0.05, 0.1) is 10.9 Å². The normalized spacial score (nSPS) is 13.9. The highest BCUT2D eigenvalue weighted by molar-refractivity contribution is 7.89. The van der Waals surface area contributed by atoms with Crippen LogP contribution in [0.25, 0.3) is 0 Å². The molecule has 0 aromatic heterocycles. The van der Waals surface area contributed by atoms with Gasteiger partial charge in [-0.15, -0.1) is 0 Å². The minimum absolute atomic E-state index is 0.0632. The summed E-state index contributed by atoms with van der Waals surface area (Å²) in [6, 6.07) is 5.24. The molecule has 0 spiro atoms. The van der Waals surface area contributed by atoms with Gasteiger partial charge in [0.15, 0.2) is 5.78 Å². The number of carbonyl (C=O) groups is 1. The first-order chi connectivity index (χ1) is 11.0. The van der Waals surface area contributed by atoms with Crippen LogP contribution >= 0.6 is 7.60 Å². The average Bonchev–Trinajstić information content (AvgIpc) is 2.52. The molecule has 0 aliphatic carbocycles. The van der Waals surface area contributed by atoms with Gasteiger partial charge in [-0.05, 0) is 25.0 Å². The molecule has 136 valence electrons. The number of Topliss-reactive ketones (excluding diaryl/α,β-unsaturated/α-hetero) is 1. The molecule has 1 N–H and O–H groups in total. The molecule has 1 aromatic rings. The van der Waals surface area contributed by atoms with Gasteiger partial charge in [-0.3, -0.25) is 9.36 Å². The largest absolute Gasteiger partial charge is 0.337 e. The first-order valence-corrected chi connectivity index (χ1v) is 10.6. The van der Waals surface area contributed by atoms with Crippen LogP contribution in [0.15, 0.2) is 29.2 Å². The first-order valence-electron chi connectivity index (χ1n) is 7.37. The Morgan fingerprint density at radius 2 is 1.67 bits per heavy atom. The molecular formula is C15H24NO6PS. The number of hydrogen-bond donors (Lipinski definition) is 1. The summed E-state index contributed by atoms with van der Waals surface area (Å²) in [5.41, 5.74) is 0.923. The Kier molecular flexibility index (Phi) is 7.31. The Morgan fingerprint density at radius 1 is 1.17 bits per heavy atom. The summed E-state index contributed by atoms with van der Waals surface area (Å²) < 4.78 is 49.0. The van der Waals surface area contributed by atoms with E-state index in [0.29, 0.717) is 0 Å². The predicted molar refractivity (Wildman–Crippen MR) is 91.6 cm³/mol. The van der Waals surface area contributed by atoms with Crippen LogP contribution in [0.4, 0.5) is 0 Å². The van der Waals surface area contributed by atoms with Crippen LogP contribution in [0, 0.1) is 12.8 Å². The highest BCUT2D eigenvalue weighted by Gasteiger charge is 2.34. The van der Waals surface area contributed by atoms with Gasteiger partial charge in [0.25, 0.3) is 0 Å². The molecule has 0 saturated carbocycles. The maximum absolute atomic E-state index is 12.5. The summed E-state index contributed by atoms with van der Waals surface area (Å²) in [5.74, 6) is -0.882. The van der Waals surface area contributed by atoms with Crippen molar-refractivity contribution in [1.29, 1.82) is 0 Å². The number of carbonyl (C=O) groups excluding carboxylic acids is 1. The Bertz CT molecular complexity index is 706. The zero-order valence-electron chi connectivity index (χ0n) is 14.5. The summed E-state index contributed by atoms with van der Waals surface area (Å²) in [5, 5.41) is 0. The van der Waals surface area contributed by atoms with E-state index in [1.54, 1.807) is 26.0 Å². The van der Waals surface area contributed by atoms with Crippen molar-refractivity contribution in [2.75, 3.05) is 20.4 Å². The Labute approximate surface area is 143 Å². The van der Waals surface area contributed by atoms with Crippen molar-refractivity contribution in [2.24, 2.45) is 5.92 Å². The van der Waals surface area contributed by atoms with Gasteiger partial charge in [-0.1, -0.05) is 31.5 Å². The van der Waals surface area contributed by atoms with Crippen LogP contribution in [-0.4, -0.2) is 40.6 Å². The predicted octanol–water partition coefficient (Wildman–Crippen LogP) is 2.35. The number of rotatable bonds is 9. The molecule has 1 atom stereocenters. The van der Waals surface area contributed by atoms with Gasteiger partial charge < -0.3 is 9.05 Å². The summed E-state index contributed by atoms with van der Waals surface area (Å²) in [7, 11) is -5.08. The van der Waals surface area contributed by atoms with Crippen LogP contribution in [0.1, 0.15) is 19.4 Å². The number of benzene rings is 1. The van der Waals surface area contributed by atoms with Crippen molar-refractivity contribution in [3.05, 3.63) is 29.8 Å². The molecule has 0 aliphatic rings. The molecule has 1 unspecified atom stereocenters. The summed E-state index contributed by atoms with van der Waals surface area (Å²) in [6.45, 7) is 5.24. The van der Waals surface area contributed by atoms with Crippen molar-refractivity contribution >= 4 is 23.4 Å². The summed E-state index contributed by atoms with van der Waals surface area (Å²) in [6.07, 6.45) is -0.501. The van der Waals surface area contributed by atoms with Crippen molar-refractivity contribution in [3.8, 4) is 0 Å². The monoisotopic (exact) mass is 377 g/mol. The molecule has 9 heteroatoms. The zero-order chi connectivity index (χ0) is 18.5. The highest BCUT2D eigenvalue weighted by Crippen LogP contribution is 2.46. The van der Waals surface area contributed by atoms with Gasteiger partial charge >= 0.3 is 7.60 Å². The van der Waals surface area contributed by atoms with Gasteiger partial charge in [0.1, 0.15) is 6.16 Å². The Balaban J connectivity index is 3.03. The molecule has 0 saturated heterocycles. The standard InChI is InChI=1S/C15H24NO6PS/c1-11(2)15(14(17)10-23(18,21-4)22-5)16-24(19,20)13-8-6-12(3)7-9-13/h6-9,11,15-16H,10H2,1-5H3. The van der Waals surface area contributed by atoms with Crippen molar-refractivity contribution in [2.45, 2.75) is 31.7 Å². The van der Waals surface area contributed by atoms with Crippen molar-refractivity contribution in [1.82, 2.24) is 4.72 Å². The molecule has 0 fully saturated rings. The molecule has 1 aromatic carbocycles. The van der Waals surface area contributed by atoms with Crippen molar-refractivity contribution in [3.63, 3.8) is 0 Å². The molecular weight excluding hydrogens is 353 g/mol. The van der Waals surface area contributed by atoms with Crippen LogP contribution in [0.5, 0.6) is 0 Å². The molecule has 0 aliphatic heterocycles.